The molecule has 0 radical (unpaired) electrons. The number of pyridine rings is 1. The molecule has 1 aromatic heterocycles. The standard InChI is InChI=1S/C22H23FN2O3/c1-5-16(12-17-8-10-20(28-4)19(23)13-17)7-6-15(2)24-22(27)18-9-11-21(26)25(3)14-18/h5-11,13-14H,2,12H2,1,3-4H3,(H,24,27)/b7-6-,16-5+. The van der Waals surface area contributed by atoms with E-state index >= 15 is 0 Å². The Bertz CT molecular complexity index is 1000. The zero-order valence-electron chi connectivity index (χ0n) is 16.2. The van der Waals surface area contributed by atoms with Crippen molar-refractivity contribution in [3.8, 4) is 5.75 Å². The molecule has 146 valence electrons. The average molecular weight is 382 g/mol. The molecule has 2 rings (SSSR count). The number of carbonyl (C=O) groups excluding carboxylic acids is 1. The van der Waals surface area contributed by atoms with Gasteiger partial charge in [0, 0.05) is 25.0 Å². The number of rotatable bonds is 7. The first-order valence-electron chi connectivity index (χ1n) is 8.66. The first-order valence-corrected chi connectivity index (χ1v) is 8.66. The second-order valence-electron chi connectivity index (χ2n) is 6.19. The molecule has 0 spiro atoms. The van der Waals surface area contributed by atoms with E-state index in [-0.39, 0.29) is 17.2 Å². The smallest absolute Gasteiger partial charge is 0.257 e. The van der Waals surface area contributed by atoms with Crippen LogP contribution in [0.3, 0.4) is 0 Å². The lowest BCUT2D eigenvalue weighted by atomic mass is 10.0. The number of nitrogens with one attached hydrogen (secondary N) is 1. The molecule has 0 saturated carbocycles. The Morgan fingerprint density at radius 2 is 2.04 bits per heavy atom. The van der Waals surface area contributed by atoms with E-state index in [1.165, 1.54) is 36.1 Å². The number of methoxy groups -OCH3 is 1. The van der Waals surface area contributed by atoms with Crippen molar-refractivity contribution in [3.05, 3.63) is 99.9 Å². The minimum atomic E-state index is -0.409. The molecule has 0 bridgehead atoms. The fourth-order valence-electron chi connectivity index (χ4n) is 2.51. The van der Waals surface area contributed by atoms with Gasteiger partial charge in [-0.1, -0.05) is 24.8 Å². The van der Waals surface area contributed by atoms with Crippen molar-refractivity contribution in [1.29, 1.82) is 0 Å². The van der Waals surface area contributed by atoms with Crippen LogP contribution >= 0.6 is 0 Å². The highest BCUT2D eigenvalue weighted by Gasteiger charge is 2.07. The van der Waals surface area contributed by atoms with Crippen molar-refractivity contribution in [1.82, 2.24) is 9.88 Å². The van der Waals surface area contributed by atoms with Crippen LogP contribution in [0.25, 0.3) is 0 Å². The fraction of sp³-hybridized carbons (Fsp3) is 0.182. The van der Waals surface area contributed by atoms with Gasteiger partial charge >= 0.3 is 0 Å². The molecule has 1 amide bonds. The van der Waals surface area contributed by atoms with Crippen LogP contribution in [-0.4, -0.2) is 17.6 Å². The van der Waals surface area contributed by atoms with Crippen molar-refractivity contribution >= 4 is 5.91 Å². The van der Waals surface area contributed by atoms with Gasteiger partial charge in [0.15, 0.2) is 11.6 Å². The summed E-state index contributed by atoms with van der Waals surface area (Å²) in [7, 11) is 3.00. The Morgan fingerprint density at radius 1 is 1.29 bits per heavy atom. The summed E-state index contributed by atoms with van der Waals surface area (Å²) in [6.45, 7) is 5.70. The summed E-state index contributed by atoms with van der Waals surface area (Å²) in [5, 5.41) is 2.67. The van der Waals surface area contributed by atoms with Gasteiger partial charge in [0.25, 0.3) is 5.91 Å². The summed E-state index contributed by atoms with van der Waals surface area (Å²) >= 11 is 0. The molecule has 0 aliphatic heterocycles. The molecule has 2 aromatic rings. The van der Waals surface area contributed by atoms with Gasteiger partial charge in [0.05, 0.1) is 12.7 Å². The molecule has 1 heterocycles. The molecule has 28 heavy (non-hydrogen) atoms. The minimum absolute atomic E-state index is 0.192. The van der Waals surface area contributed by atoms with Crippen LogP contribution in [0.2, 0.25) is 0 Å². The maximum atomic E-state index is 13.8. The first-order chi connectivity index (χ1) is 13.3. The Balaban J connectivity index is 2.01. The molecule has 0 unspecified atom stereocenters. The Labute approximate surface area is 163 Å². The van der Waals surface area contributed by atoms with Crippen molar-refractivity contribution in [2.45, 2.75) is 13.3 Å². The second-order valence-corrected chi connectivity index (χ2v) is 6.19. The maximum Gasteiger partial charge on any atom is 0.257 e. The van der Waals surface area contributed by atoms with E-state index in [4.69, 9.17) is 4.74 Å². The molecule has 0 fully saturated rings. The number of hydrogen-bond donors (Lipinski definition) is 1. The maximum absolute atomic E-state index is 13.8. The molecule has 6 heteroatoms. The molecule has 5 nitrogen and oxygen atoms in total. The molecule has 1 N–H and O–H groups in total. The lowest BCUT2D eigenvalue weighted by Crippen LogP contribution is -2.24. The molecule has 0 aliphatic rings. The predicted octanol–water partition coefficient (Wildman–Crippen LogP) is 3.52. The number of halogens is 1. The summed E-state index contributed by atoms with van der Waals surface area (Å²) in [6, 6.07) is 7.62. The molecule has 0 aliphatic carbocycles. The molecule has 1 aromatic carbocycles. The molecular weight excluding hydrogens is 359 g/mol. The fourth-order valence-corrected chi connectivity index (χ4v) is 2.51. The van der Waals surface area contributed by atoms with Gasteiger partial charge in [-0.25, -0.2) is 4.39 Å². The van der Waals surface area contributed by atoms with Gasteiger partial charge in [-0.2, -0.15) is 0 Å². The molecule has 0 atom stereocenters. The SMILES string of the molecule is C=C(/C=C\C(=C/C)Cc1ccc(OC)c(F)c1)NC(=O)c1ccc(=O)n(C)c1. The Morgan fingerprint density at radius 3 is 2.64 bits per heavy atom. The van der Waals surface area contributed by atoms with Gasteiger partial charge in [-0.15, -0.1) is 0 Å². The van der Waals surface area contributed by atoms with E-state index in [9.17, 15) is 14.0 Å². The van der Waals surface area contributed by atoms with Gasteiger partial charge in [0.1, 0.15) is 0 Å². The van der Waals surface area contributed by atoms with Crippen LogP contribution in [0.1, 0.15) is 22.8 Å². The molecule has 0 saturated heterocycles. The normalized spacial score (nSPS) is 11.5. The van der Waals surface area contributed by atoms with Crippen LogP contribution in [0, 0.1) is 5.82 Å². The van der Waals surface area contributed by atoms with Gasteiger partial charge in [-0.05, 0) is 48.8 Å². The summed E-state index contributed by atoms with van der Waals surface area (Å²) in [5.74, 6) is -0.561. The topological polar surface area (TPSA) is 60.3 Å². The van der Waals surface area contributed by atoms with E-state index in [0.717, 1.165) is 11.1 Å². The summed E-state index contributed by atoms with van der Waals surface area (Å²) in [4.78, 5) is 23.6. The van der Waals surface area contributed by atoms with Crippen molar-refractivity contribution in [3.63, 3.8) is 0 Å². The van der Waals surface area contributed by atoms with E-state index in [1.54, 1.807) is 25.3 Å². The van der Waals surface area contributed by atoms with Gasteiger partial charge in [-0.3, -0.25) is 9.59 Å². The Hall–Kier alpha value is -3.41. The van der Waals surface area contributed by atoms with Crippen LogP contribution in [-0.2, 0) is 13.5 Å². The number of nitrogens with zero attached hydrogens (tertiary/aromatic N) is 1. The van der Waals surface area contributed by atoms with Crippen LogP contribution in [0.4, 0.5) is 4.39 Å². The highest BCUT2D eigenvalue weighted by Crippen LogP contribution is 2.20. The van der Waals surface area contributed by atoms with Crippen molar-refractivity contribution < 1.29 is 13.9 Å². The lowest BCUT2D eigenvalue weighted by molar-refractivity contribution is 0.0966. The number of benzene rings is 1. The van der Waals surface area contributed by atoms with E-state index in [0.29, 0.717) is 17.7 Å². The predicted molar refractivity (Wildman–Crippen MR) is 108 cm³/mol. The largest absolute Gasteiger partial charge is 0.494 e. The van der Waals surface area contributed by atoms with E-state index in [2.05, 4.69) is 11.9 Å². The quantitative estimate of drug-likeness (QED) is 0.746. The van der Waals surface area contributed by atoms with Crippen molar-refractivity contribution in [2.75, 3.05) is 7.11 Å². The summed E-state index contributed by atoms with van der Waals surface area (Å²) < 4.78 is 20.1. The summed E-state index contributed by atoms with van der Waals surface area (Å²) in [5.41, 5.74) is 2.30. The number of allylic oxidation sites excluding steroid dienone is 4. The number of carbonyl (C=O) groups is 1. The number of amides is 1. The minimum Gasteiger partial charge on any atom is -0.494 e. The number of aromatic nitrogens is 1. The van der Waals surface area contributed by atoms with Gasteiger partial charge < -0.3 is 14.6 Å². The lowest BCUT2D eigenvalue weighted by Gasteiger charge is -2.08. The third-order valence-electron chi connectivity index (χ3n) is 4.12. The third-order valence-corrected chi connectivity index (χ3v) is 4.12. The van der Waals surface area contributed by atoms with Crippen LogP contribution < -0.4 is 15.6 Å². The molecular formula is C22H23FN2O3. The van der Waals surface area contributed by atoms with Gasteiger partial charge in [0.2, 0.25) is 5.56 Å². The second kappa shape index (κ2) is 9.50. The van der Waals surface area contributed by atoms with Crippen LogP contribution in [0.15, 0.2) is 77.4 Å². The zero-order valence-corrected chi connectivity index (χ0v) is 16.2. The van der Waals surface area contributed by atoms with Crippen LogP contribution in [0.5, 0.6) is 5.75 Å². The number of hydrogen-bond acceptors (Lipinski definition) is 3. The number of ether oxygens (including phenoxy) is 1. The number of aryl methyl sites for hydroxylation is 1. The monoisotopic (exact) mass is 382 g/mol. The highest BCUT2D eigenvalue weighted by molar-refractivity contribution is 5.95. The first kappa shape index (κ1) is 20.9. The third kappa shape index (κ3) is 5.54. The van der Waals surface area contributed by atoms with E-state index < -0.39 is 5.82 Å². The highest BCUT2D eigenvalue weighted by atomic mass is 19.1. The zero-order chi connectivity index (χ0) is 20.7. The summed E-state index contributed by atoms with van der Waals surface area (Å²) in [6.07, 6.45) is 7.38. The van der Waals surface area contributed by atoms with E-state index in [1.807, 2.05) is 19.1 Å². The Kier molecular flexibility index (Phi) is 7.09. The van der Waals surface area contributed by atoms with Crippen molar-refractivity contribution in [2.24, 2.45) is 7.05 Å². The average Bonchev–Trinajstić information content (AvgIpc) is 2.67.